The van der Waals surface area contributed by atoms with Gasteiger partial charge in [-0.15, -0.1) is 24.0 Å². The summed E-state index contributed by atoms with van der Waals surface area (Å²) in [5.41, 5.74) is 0. The van der Waals surface area contributed by atoms with Gasteiger partial charge in [0.2, 0.25) is 0 Å². The van der Waals surface area contributed by atoms with Gasteiger partial charge in [-0.05, 0) is 38.3 Å². The van der Waals surface area contributed by atoms with Gasteiger partial charge in [0.25, 0.3) is 0 Å². The maximum atomic E-state index is 5.44. The molecule has 1 unspecified atom stereocenters. The Bertz CT molecular complexity index is 313. The summed E-state index contributed by atoms with van der Waals surface area (Å²) in [5, 5.41) is 6.75. The molecule has 0 aromatic carbocycles. The molecule has 144 valence electrons. The van der Waals surface area contributed by atoms with Gasteiger partial charge < -0.3 is 25.0 Å². The van der Waals surface area contributed by atoms with Crippen molar-refractivity contribution in [1.29, 1.82) is 0 Å². The van der Waals surface area contributed by atoms with Crippen molar-refractivity contribution < 1.29 is 9.47 Å². The summed E-state index contributed by atoms with van der Waals surface area (Å²) in [6, 6.07) is 0. The van der Waals surface area contributed by atoms with Crippen LogP contribution in [-0.4, -0.2) is 77.6 Å². The fraction of sp³-hybridized carbons (Fsp3) is 0.941. The lowest BCUT2D eigenvalue weighted by atomic mass is 10.1. The fourth-order valence-corrected chi connectivity index (χ4v) is 2.76. The first kappa shape index (κ1) is 23.9. The molecule has 0 aromatic heterocycles. The number of halogens is 1. The molecule has 1 rings (SSSR count). The SMILES string of the molecule is CN=C(NCCCOCCOC)NCC(C)CN1CCCCC1.I. The average molecular weight is 456 g/mol. The molecular weight excluding hydrogens is 419 g/mol. The van der Waals surface area contributed by atoms with Gasteiger partial charge in [-0.25, -0.2) is 0 Å². The van der Waals surface area contributed by atoms with Crippen molar-refractivity contribution in [2.75, 3.05) is 66.7 Å². The molecule has 2 N–H and O–H groups in total. The van der Waals surface area contributed by atoms with Gasteiger partial charge in [0.1, 0.15) is 0 Å². The second kappa shape index (κ2) is 16.4. The van der Waals surface area contributed by atoms with E-state index in [0.29, 0.717) is 19.1 Å². The zero-order valence-electron chi connectivity index (χ0n) is 15.7. The van der Waals surface area contributed by atoms with Gasteiger partial charge in [-0.2, -0.15) is 0 Å². The highest BCUT2D eigenvalue weighted by Gasteiger charge is 2.13. The van der Waals surface area contributed by atoms with E-state index in [1.807, 2.05) is 7.05 Å². The second-order valence-electron chi connectivity index (χ2n) is 6.31. The molecule has 0 aromatic rings. The summed E-state index contributed by atoms with van der Waals surface area (Å²) in [4.78, 5) is 6.86. The monoisotopic (exact) mass is 456 g/mol. The third-order valence-corrected chi connectivity index (χ3v) is 4.05. The largest absolute Gasteiger partial charge is 0.382 e. The fourth-order valence-electron chi connectivity index (χ4n) is 2.76. The molecule has 1 aliphatic rings. The lowest BCUT2D eigenvalue weighted by Crippen LogP contribution is -2.42. The molecule has 0 aliphatic carbocycles. The summed E-state index contributed by atoms with van der Waals surface area (Å²) >= 11 is 0. The van der Waals surface area contributed by atoms with Crippen LogP contribution in [0.5, 0.6) is 0 Å². The van der Waals surface area contributed by atoms with E-state index in [2.05, 4.69) is 27.4 Å². The smallest absolute Gasteiger partial charge is 0.190 e. The first-order chi connectivity index (χ1) is 11.3. The number of rotatable bonds is 11. The maximum Gasteiger partial charge on any atom is 0.190 e. The van der Waals surface area contributed by atoms with Crippen molar-refractivity contribution in [1.82, 2.24) is 15.5 Å². The Morgan fingerprint density at radius 1 is 1.12 bits per heavy atom. The number of hydrogen-bond donors (Lipinski definition) is 2. The molecule has 6 nitrogen and oxygen atoms in total. The van der Waals surface area contributed by atoms with E-state index in [1.165, 1.54) is 38.9 Å². The Labute approximate surface area is 165 Å². The number of hydrogen-bond acceptors (Lipinski definition) is 4. The zero-order valence-corrected chi connectivity index (χ0v) is 18.0. The number of ether oxygens (including phenoxy) is 2. The van der Waals surface area contributed by atoms with E-state index >= 15 is 0 Å². The summed E-state index contributed by atoms with van der Waals surface area (Å²) in [6.07, 6.45) is 5.08. The van der Waals surface area contributed by atoms with Crippen LogP contribution < -0.4 is 10.6 Å². The van der Waals surface area contributed by atoms with Crippen LogP contribution in [0, 0.1) is 5.92 Å². The second-order valence-corrected chi connectivity index (χ2v) is 6.31. The Kier molecular flexibility index (Phi) is 16.3. The van der Waals surface area contributed by atoms with Crippen LogP contribution in [0.15, 0.2) is 4.99 Å². The van der Waals surface area contributed by atoms with Crippen molar-refractivity contribution >= 4 is 29.9 Å². The van der Waals surface area contributed by atoms with Gasteiger partial charge >= 0.3 is 0 Å². The van der Waals surface area contributed by atoms with Crippen molar-refractivity contribution in [2.45, 2.75) is 32.6 Å². The highest BCUT2D eigenvalue weighted by molar-refractivity contribution is 14.0. The molecule has 1 fully saturated rings. The standard InChI is InChI=1S/C17H36N4O2.HI/c1-16(15-21-9-5-4-6-10-21)14-20-17(18-2)19-8-7-11-23-13-12-22-3;/h16H,4-15H2,1-3H3,(H2,18,19,20);1H. The van der Waals surface area contributed by atoms with Crippen LogP contribution in [0.3, 0.4) is 0 Å². The van der Waals surface area contributed by atoms with Gasteiger partial charge in [0.05, 0.1) is 13.2 Å². The van der Waals surface area contributed by atoms with E-state index in [4.69, 9.17) is 9.47 Å². The highest BCUT2D eigenvalue weighted by atomic mass is 127. The van der Waals surface area contributed by atoms with Crippen molar-refractivity contribution in [3.05, 3.63) is 0 Å². The Morgan fingerprint density at radius 3 is 2.54 bits per heavy atom. The number of likely N-dealkylation sites (tertiary alicyclic amines) is 1. The highest BCUT2D eigenvalue weighted by Crippen LogP contribution is 2.10. The number of nitrogens with zero attached hydrogens (tertiary/aromatic N) is 2. The first-order valence-electron chi connectivity index (χ1n) is 8.99. The number of nitrogens with one attached hydrogen (secondary N) is 2. The lowest BCUT2D eigenvalue weighted by molar-refractivity contribution is 0.0698. The predicted octanol–water partition coefficient (Wildman–Crippen LogP) is 1.94. The predicted molar refractivity (Wildman–Crippen MR) is 112 cm³/mol. The van der Waals surface area contributed by atoms with E-state index in [9.17, 15) is 0 Å². The van der Waals surface area contributed by atoms with Crippen molar-refractivity contribution in [3.63, 3.8) is 0 Å². The van der Waals surface area contributed by atoms with Gasteiger partial charge in [0.15, 0.2) is 5.96 Å². The van der Waals surface area contributed by atoms with Gasteiger partial charge in [-0.3, -0.25) is 4.99 Å². The normalized spacial score (nSPS) is 17.2. The molecule has 0 bridgehead atoms. The van der Waals surface area contributed by atoms with E-state index in [0.717, 1.165) is 32.1 Å². The van der Waals surface area contributed by atoms with Crippen LogP contribution in [0.1, 0.15) is 32.6 Å². The van der Waals surface area contributed by atoms with Gasteiger partial charge in [0, 0.05) is 40.4 Å². The molecule has 0 saturated carbocycles. The molecule has 1 saturated heterocycles. The third-order valence-electron chi connectivity index (χ3n) is 4.05. The minimum Gasteiger partial charge on any atom is -0.382 e. The number of piperidine rings is 1. The van der Waals surface area contributed by atoms with Crippen LogP contribution in [0.2, 0.25) is 0 Å². The average Bonchev–Trinajstić information content (AvgIpc) is 2.57. The third kappa shape index (κ3) is 12.3. The molecule has 1 atom stereocenters. The summed E-state index contributed by atoms with van der Waals surface area (Å²) in [6.45, 7) is 9.91. The van der Waals surface area contributed by atoms with E-state index < -0.39 is 0 Å². The zero-order chi connectivity index (χ0) is 16.8. The molecular formula is C17H37IN4O2. The molecule has 1 aliphatic heterocycles. The minimum atomic E-state index is 0. The van der Waals surface area contributed by atoms with Gasteiger partial charge in [-0.1, -0.05) is 13.3 Å². The topological polar surface area (TPSA) is 58.1 Å². The lowest BCUT2D eigenvalue weighted by Gasteiger charge is -2.29. The van der Waals surface area contributed by atoms with Crippen LogP contribution in [-0.2, 0) is 9.47 Å². The molecule has 24 heavy (non-hydrogen) atoms. The summed E-state index contributed by atoms with van der Waals surface area (Å²) < 4.78 is 10.4. The van der Waals surface area contributed by atoms with Crippen molar-refractivity contribution in [3.8, 4) is 0 Å². The minimum absolute atomic E-state index is 0. The molecule has 7 heteroatoms. The van der Waals surface area contributed by atoms with Crippen LogP contribution in [0.25, 0.3) is 0 Å². The summed E-state index contributed by atoms with van der Waals surface area (Å²) in [7, 11) is 3.51. The quantitative estimate of drug-likeness (QED) is 0.216. The first-order valence-corrected chi connectivity index (χ1v) is 8.99. The number of guanidine groups is 1. The Hall–Kier alpha value is -0.120. The molecule has 0 spiro atoms. The Morgan fingerprint density at radius 2 is 1.88 bits per heavy atom. The van der Waals surface area contributed by atoms with Crippen LogP contribution >= 0.6 is 24.0 Å². The summed E-state index contributed by atoms with van der Waals surface area (Å²) in [5.74, 6) is 1.51. The maximum absolute atomic E-state index is 5.44. The molecule has 1 heterocycles. The van der Waals surface area contributed by atoms with E-state index in [1.54, 1.807) is 7.11 Å². The Balaban J connectivity index is 0.00000529. The molecule has 0 amide bonds. The molecule has 0 radical (unpaired) electrons. The van der Waals surface area contributed by atoms with Crippen molar-refractivity contribution in [2.24, 2.45) is 10.9 Å². The van der Waals surface area contributed by atoms with E-state index in [-0.39, 0.29) is 24.0 Å². The number of aliphatic imine (C=N–C) groups is 1. The number of methoxy groups -OCH3 is 1. The van der Waals surface area contributed by atoms with Crippen LogP contribution in [0.4, 0.5) is 0 Å².